The highest BCUT2D eigenvalue weighted by Gasteiger charge is 2.22. The molecule has 0 N–H and O–H groups in total. The Morgan fingerprint density at radius 3 is 2.38 bits per heavy atom. The molecule has 1 aliphatic heterocycles. The SMILES string of the molecule is O=C1C=C(CCCc2ccccc2)C(=O)O1. The zero-order chi connectivity index (χ0) is 11.4. The normalized spacial score (nSPS) is 14.9. The molecule has 16 heavy (non-hydrogen) atoms. The van der Waals surface area contributed by atoms with Crippen LogP contribution in [-0.4, -0.2) is 11.9 Å². The molecule has 0 unspecified atom stereocenters. The van der Waals surface area contributed by atoms with Crippen LogP contribution in [-0.2, 0) is 20.7 Å². The number of esters is 2. The number of carbonyl (C=O) groups is 2. The molecule has 3 nitrogen and oxygen atoms in total. The molecular weight excluding hydrogens is 204 g/mol. The van der Waals surface area contributed by atoms with Crippen LogP contribution in [0.3, 0.4) is 0 Å². The smallest absolute Gasteiger partial charge is 0.342 e. The first-order valence-corrected chi connectivity index (χ1v) is 5.26. The minimum Gasteiger partial charge on any atom is -0.386 e. The standard InChI is InChI=1S/C13H12O3/c14-12-9-11(13(15)16-12)8-4-7-10-5-2-1-3-6-10/h1-3,5-6,9H,4,7-8H2. The van der Waals surface area contributed by atoms with E-state index < -0.39 is 11.9 Å². The molecule has 0 amide bonds. The molecule has 0 saturated carbocycles. The maximum absolute atomic E-state index is 11.1. The van der Waals surface area contributed by atoms with E-state index in [2.05, 4.69) is 4.74 Å². The molecule has 0 bridgehead atoms. The van der Waals surface area contributed by atoms with Crippen LogP contribution in [0.2, 0.25) is 0 Å². The highest BCUT2D eigenvalue weighted by molar-refractivity contribution is 6.08. The maximum Gasteiger partial charge on any atom is 0.342 e. The number of benzene rings is 1. The van der Waals surface area contributed by atoms with E-state index in [1.807, 2.05) is 30.3 Å². The molecule has 1 aromatic carbocycles. The Kier molecular flexibility index (Phi) is 3.15. The first-order chi connectivity index (χ1) is 7.75. The lowest BCUT2D eigenvalue weighted by Crippen LogP contribution is -2.02. The van der Waals surface area contributed by atoms with E-state index in [4.69, 9.17) is 0 Å². The maximum atomic E-state index is 11.1. The van der Waals surface area contributed by atoms with Gasteiger partial charge in [0.05, 0.1) is 0 Å². The summed E-state index contributed by atoms with van der Waals surface area (Å²) in [4.78, 5) is 21.9. The van der Waals surface area contributed by atoms with Gasteiger partial charge in [-0.25, -0.2) is 9.59 Å². The van der Waals surface area contributed by atoms with Crippen LogP contribution in [0.4, 0.5) is 0 Å². The average molecular weight is 216 g/mol. The Morgan fingerprint density at radius 1 is 1.00 bits per heavy atom. The van der Waals surface area contributed by atoms with Crippen LogP contribution in [0.25, 0.3) is 0 Å². The molecule has 1 aromatic rings. The average Bonchev–Trinajstić information content (AvgIpc) is 2.59. The summed E-state index contributed by atoms with van der Waals surface area (Å²) in [6, 6.07) is 10.0. The minimum absolute atomic E-state index is 0.487. The van der Waals surface area contributed by atoms with Gasteiger partial charge in [0.25, 0.3) is 0 Å². The predicted molar refractivity (Wildman–Crippen MR) is 58.6 cm³/mol. The minimum atomic E-state index is -0.542. The van der Waals surface area contributed by atoms with Crippen molar-refractivity contribution in [2.45, 2.75) is 19.3 Å². The summed E-state index contributed by atoms with van der Waals surface area (Å²) in [5, 5.41) is 0. The molecule has 1 heterocycles. The van der Waals surface area contributed by atoms with Crippen molar-refractivity contribution in [1.82, 2.24) is 0 Å². The molecule has 0 saturated heterocycles. The van der Waals surface area contributed by atoms with Crippen molar-refractivity contribution >= 4 is 11.9 Å². The van der Waals surface area contributed by atoms with Crippen LogP contribution in [0.1, 0.15) is 18.4 Å². The highest BCUT2D eigenvalue weighted by Crippen LogP contribution is 2.16. The molecule has 82 valence electrons. The van der Waals surface area contributed by atoms with Crippen molar-refractivity contribution < 1.29 is 14.3 Å². The molecule has 0 atom stereocenters. The Balaban J connectivity index is 1.83. The monoisotopic (exact) mass is 216 g/mol. The molecule has 0 radical (unpaired) electrons. The fourth-order valence-electron chi connectivity index (χ4n) is 1.69. The molecule has 1 aliphatic rings. The lowest BCUT2D eigenvalue weighted by molar-refractivity contribution is -0.150. The summed E-state index contributed by atoms with van der Waals surface area (Å²) >= 11 is 0. The summed E-state index contributed by atoms with van der Waals surface area (Å²) in [6.45, 7) is 0. The summed E-state index contributed by atoms with van der Waals surface area (Å²) in [5.41, 5.74) is 1.72. The number of hydrogen-bond acceptors (Lipinski definition) is 3. The van der Waals surface area contributed by atoms with E-state index in [9.17, 15) is 9.59 Å². The van der Waals surface area contributed by atoms with Gasteiger partial charge in [-0.1, -0.05) is 30.3 Å². The highest BCUT2D eigenvalue weighted by atomic mass is 16.6. The van der Waals surface area contributed by atoms with Crippen molar-refractivity contribution in [3.63, 3.8) is 0 Å². The second-order valence-corrected chi connectivity index (χ2v) is 3.72. The first kappa shape index (κ1) is 10.6. The number of aryl methyl sites for hydroxylation is 1. The Labute approximate surface area is 93.7 Å². The van der Waals surface area contributed by atoms with E-state index in [1.54, 1.807) is 0 Å². The lowest BCUT2D eigenvalue weighted by atomic mass is 10.0. The van der Waals surface area contributed by atoms with Crippen LogP contribution in [0.15, 0.2) is 42.0 Å². The fraction of sp³-hybridized carbons (Fsp3) is 0.231. The number of carbonyl (C=O) groups excluding carboxylic acids is 2. The van der Waals surface area contributed by atoms with Crippen LogP contribution < -0.4 is 0 Å². The zero-order valence-electron chi connectivity index (χ0n) is 8.81. The van der Waals surface area contributed by atoms with Gasteiger partial charge in [0.15, 0.2) is 0 Å². The molecule has 0 fully saturated rings. The zero-order valence-corrected chi connectivity index (χ0v) is 8.81. The van der Waals surface area contributed by atoms with E-state index >= 15 is 0 Å². The van der Waals surface area contributed by atoms with Gasteiger partial charge >= 0.3 is 11.9 Å². The first-order valence-electron chi connectivity index (χ1n) is 5.26. The predicted octanol–water partition coefficient (Wildman–Crippen LogP) is 2.02. The Hall–Kier alpha value is -1.90. The molecule has 0 aromatic heterocycles. The molecule has 0 aliphatic carbocycles. The number of cyclic esters (lactones) is 2. The van der Waals surface area contributed by atoms with Gasteiger partial charge in [-0.3, -0.25) is 0 Å². The molecular formula is C13H12O3. The van der Waals surface area contributed by atoms with Gasteiger partial charge in [-0.15, -0.1) is 0 Å². The van der Waals surface area contributed by atoms with Gasteiger partial charge in [0.1, 0.15) is 0 Å². The third-order valence-electron chi connectivity index (χ3n) is 2.50. The van der Waals surface area contributed by atoms with E-state index in [-0.39, 0.29) is 0 Å². The van der Waals surface area contributed by atoms with Crippen molar-refractivity contribution in [3.05, 3.63) is 47.5 Å². The number of hydrogen-bond donors (Lipinski definition) is 0. The largest absolute Gasteiger partial charge is 0.386 e. The van der Waals surface area contributed by atoms with E-state index in [0.29, 0.717) is 12.0 Å². The van der Waals surface area contributed by atoms with Gasteiger partial charge < -0.3 is 4.74 Å². The number of ether oxygens (including phenoxy) is 1. The third-order valence-corrected chi connectivity index (χ3v) is 2.50. The quantitative estimate of drug-likeness (QED) is 0.571. The van der Waals surface area contributed by atoms with E-state index in [1.165, 1.54) is 11.6 Å². The molecule has 2 rings (SSSR count). The Bertz CT molecular complexity index is 432. The van der Waals surface area contributed by atoms with Crippen molar-refractivity contribution in [2.75, 3.05) is 0 Å². The summed E-state index contributed by atoms with van der Waals surface area (Å²) < 4.78 is 4.41. The van der Waals surface area contributed by atoms with Crippen LogP contribution in [0, 0.1) is 0 Å². The van der Waals surface area contributed by atoms with Crippen molar-refractivity contribution in [3.8, 4) is 0 Å². The second-order valence-electron chi connectivity index (χ2n) is 3.72. The fourth-order valence-corrected chi connectivity index (χ4v) is 1.69. The molecule has 0 spiro atoms. The molecule has 3 heteroatoms. The summed E-state index contributed by atoms with van der Waals surface area (Å²) in [5.74, 6) is -1.03. The van der Waals surface area contributed by atoms with Crippen LogP contribution in [0.5, 0.6) is 0 Å². The summed E-state index contributed by atoms with van der Waals surface area (Å²) in [7, 11) is 0. The van der Waals surface area contributed by atoms with Gasteiger partial charge in [0, 0.05) is 11.6 Å². The van der Waals surface area contributed by atoms with E-state index in [0.717, 1.165) is 12.8 Å². The number of rotatable bonds is 4. The van der Waals surface area contributed by atoms with Gasteiger partial charge in [-0.05, 0) is 24.8 Å². The third kappa shape index (κ3) is 2.57. The van der Waals surface area contributed by atoms with Crippen molar-refractivity contribution in [1.29, 1.82) is 0 Å². The van der Waals surface area contributed by atoms with Crippen molar-refractivity contribution in [2.24, 2.45) is 0 Å². The second kappa shape index (κ2) is 4.75. The topological polar surface area (TPSA) is 43.4 Å². The van der Waals surface area contributed by atoms with Crippen LogP contribution >= 0.6 is 0 Å². The van der Waals surface area contributed by atoms with Gasteiger partial charge in [-0.2, -0.15) is 0 Å². The lowest BCUT2D eigenvalue weighted by Gasteiger charge is -2.00. The Morgan fingerprint density at radius 2 is 1.75 bits per heavy atom. The van der Waals surface area contributed by atoms with Gasteiger partial charge in [0.2, 0.25) is 0 Å². The summed E-state index contributed by atoms with van der Waals surface area (Å²) in [6.07, 6.45) is 3.63.